The van der Waals surface area contributed by atoms with E-state index in [9.17, 15) is 5.11 Å². The molecule has 2 saturated heterocycles. The average molecular weight is 328 g/mol. The molecule has 3 heterocycles. The summed E-state index contributed by atoms with van der Waals surface area (Å²) in [4.78, 5) is 2.37. The highest BCUT2D eigenvalue weighted by atomic mass is 16.5. The van der Waals surface area contributed by atoms with Gasteiger partial charge in [0.15, 0.2) is 0 Å². The smallest absolute Gasteiger partial charge is 0.0971 e. The molecule has 6 heteroatoms. The van der Waals surface area contributed by atoms with Gasteiger partial charge in [-0.1, -0.05) is 23.4 Å². The van der Waals surface area contributed by atoms with Crippen molar-refractivity contribution in [1.29, 1.82) is 0 Å². The van der Waals surface area contributed by atoms with Crippen molar-refractivity contribution in [2.24, 2.45) is 0 Å². The van der Waals surface area contributed by atoms with Crippen LogP contribution in [0.2, 0.25) is 0 Å². The summed E-state index contributed by atoms with van der Waals surface area (Å²) in [6.07, 6.45) is 5.29. The Morgan fingerprint density at radius 2 is 2.00 bits per heavy atom. The third-order valence-electron chi connectivity index (χ3n) is 5.27. The summed E-state index contributed by atoms with van der Waals surface area (Å²) in [5.41, 5.74) is 1.68. The lowest BCUT2D eigenvalue weighted by atomic mass is 9.82. The molecule has 0 bridgehead atoms. The second-order valence-electron chi connectivity index (χ2n) is 6.84. The number of nitrogens with zero attached hydrogens (tertiary/aromatic N) is 4. The third kappa shape index (κ3) is 3.09. The molecule has 4 rings (SSSR count). The predicted octanol–water partition coefficient (Wildman–Crippen LogP) is 1.77. The number of ether oxygens (including phenoxy) is 1. The van der Waals surface area contributed by atoms with Gasteiger partial charge >= 0.3 is 0 Å². The molecule has 1 aromatic heterocycles. The molecule has 24 heavy (non-hydrogen) atoms. The standard InChI is InChI=1S/C18H24N4O2/c23-17-7-4-12-24-18(17)8-10-21(11-9-18)13-15-14-22(20-19-15)16-5-2-1-3-6-16/h1-3,5-6,14,17,23H,4,7-13H2/t17-/m1/s1. The Kier molecular flexibility index (Phi) is 4.35. The maximum atomic E-state index is 10.3. The Morgan fingerprint density at radius 1 is 1.21 bits per heavy atom. The van der Waals surface area contributed by atoms with E-state index < -0.39 is 0 Å². The zero-order valence-corrected chi connectivity index (χ0v) is 13.8. The number of hydrogen-bond donors (Lipinski definition) is 1. The molecular weight excluding hydrogens is 304 g/mol. The molecule has 128 valence electrons. The van der Waals surface area contributed by atoms with Crippen LogP contribution in [0.1, 0.15) is 31.4 Å². The molecule has 1 aromatic carbocycles. The molecule has 0 aliphatic carbocycles. The van der Waals surface area contributed by atoms with Crippen LogP contribution in [-0.4, -0.2) is 56.4 Å². The largest absolute Gasteiger partial charge is 0.390 e. The molecule has 6 nitrogen and oxygen atoms in total. The van der Waals surface area contributed by atoms with Crippen LogP contribution in [0.4, 0.5) is 0 Å². The predicted molar refractivity (Wildman–Crippen MR) is 89.8 cm³/mol. The molecule has 1 spiro atoms. The van der Waals surface area contributed by atoms with Gasteiger partial charge in [0.05, 0.1) is 29.3 Å². The van der Waals surface area contributed by atoms with Gasteiger partial charge in [-0.05, 0) is 37.8 Å². The van der Waals surface area contributed by atoms with Crippen molar-refractivity contribution >= 4 is 0 Å². The maximum Gasteiger partial charge on any atom is 0.0971 e. The fourth-order valence-electron chi connectivity index (χ4n) is 3.79. The van der Waals surface area contributed by atoms with E-state index in [1.54, 1.807) is 0 Å². The van der Waals surface area contributed by atoms with Crippen LogP contribution in [-0.2, 0) is 11.3 Å². The van der Waals surface area contributed by atoms with E-state index in [0.29, 0.717) is 0 Å². The van der Waals surface area contributed by atoms with Crippen LogP contribution >= 0.6 is 0 Å². The Labute approximate surface area is 142 Å². The summed E-state index contributed by atoms with van der Waals surface area (Å²) in [7, 11) is 0. The molecule has 0 saturated carbocycles. The van der Waals surface area contributed by atoms with Gasteiger partial charge in [-0.25, -0.2) is 4.68 Å². The lowest BCUT2D eigenvalue weighted by Crippen LogP contribution is -2.55. The lowest BCUT2D eigenvalue weighted by Gasteiger charge is -2.46. The number of piperidine rings is 1. The summed E-state index contributed by atoms with van der Waals surface area (Å²) in [6, 6.07) is 10.0. The van der Waals surface area contributed by atoms with Crippen molar-refractivity contribution in [3.63, 3.8) is 0 Å². The van der Waals surface area contributed by atoms with Crippen LogP contribution in [0, 0.1) is 0 Å². The minimum Gasteiger partial charge on any atom is -0.390 e. The van der Waals surface area contributed by atoms with E-state index in [1.165, 1.54) is 0 Å². The van der Waals surface area contributed by atoms with Crippen molar-refractivity contribution in [2.45, 2.75) is 43.9 Å². The number of rotatable bonds is 3. The highest BCUT2D eigenvalue weighted by molar-refractivity contribution is 5.29. The van der Waals surface area contributed by atoms with E-state index in [-0.39, 0.29) is 11.7 Å². The first-order chi connectivity index (χ1) is 11.8. The highest BCUT2D eigenvalue weighted by Gasteiger charge is 2.43. The first-order valence-corrected chi connectivity index (χ1v) is 8.76. The molecule has 2 aliphatic heterocycles. The Hall–Kier alpha value is -1.76. The number of aliphatic hydroxyl groups is 1. The van der Waals surface area contributed by atoms with Crippen LogP contribution in [0.15, 0.2) is 36.5 Å². The molecule has 0 unspecified atom stereocenters. The molecule has 2 aliphatic rings. The second-order valence-corrected chi connectivity index (χ2v) is 6.84. The van der Waals surface area contributed by atoms with Crippen molar-refractivity contribution in [3.05, 3.63) is 42.2 Å². The van der Waals surface area contributed by atoms with Gasteiger partial charge in [0.1, 0.15) is 0 Å². The number of para-hydroxylation sites is 1. The van der Waals surface area contributed by atoms with E-state index in [1.807, 2.05) is 41.2 Å². The fraction of sp³-hybridized carbons (Fsp3) is 0.556. The van der Waals surface area contributed by atoms with Crippen LogP contribution in [0.25, 0.3) is 5.69 Å². The van der Waals surface area contributed by atoms with Crippen molar-refractivity contribution in [2.75, 3.05) is 19.7 Å². The zero-order valence-electron chi connectivity index (χ0n) is 13.8. The summed E-state index contributed by atoms with van der Waals surface area (Å²) >= 11 is 0. The van der Waals surface area contributed by atoms with Crippen molar-refractivity contribution in [3.8, 4) is 5.69 Å². The molecule has 0 amide bonds. The minimum atomic E-state index is -0.313. The molecule has 1 N–H and O–H groups in total. The fourth-order valence-corrected chi connectivity index (χ4v) is 3.79. The second kappa shape index (κ2) is 6.63. The summed E-state index contributed by atoms with van der Waals surface area (Å²) in [5, 5.41) is 18.8. The first-order valence-electron chi connectivity index (χ1n) is 8.76. The first kappa shape index (κ1) is 15.7. The molecule has 0 radical (unpaired) electrons. The van der Waals surface area contributed by atoms with Crippen LogP contribution in [0.5, 0.6) is 0 Å². The Balaban J connectivity index is 1.37. The van der Waals surface area contributed by atoms with Gasteiger partial charge in [0.2, 0.25) is 0 Å². The van der Waals surface area contributed by atoms with Gasteiger partial charge in [0.25, 0.3) is 0 Å². The summed E-state index contributed by atoms with van der Waals surface area (Å²) in [6.45, 7) is 3.42. The number of benzene rings is 1. The van der Waals surface area contributed by atoms with Crippen LogP contribution in [0.3, 0.4) is 0 Å². The maximum absolute atomic E-state index is 10.3. The summed E-state index contributed by atoms with van der Waals surface area (Å²) < 4.78 is 7.78. The van der Waals surface area contributed by atoms with Gasteiger partial charge in [-0.2, -0.15) is 0 Å². The van der Waals surface area contributed by atoms with Crippen molar-refractivity contribution in [1.82, 2.24) is 19.9 Å². The molecular formula is C18H24N4O2. The monoisotopic (exact) mass is 328 g/mol. The third-order valence-corrected chi connectivity index (χ3v) is 5.27. The Bertz CT molecular complexity index is 665. The van der Waals surface area contributed by atoms with E-state index in [4.69, 9.17) is 4.74 Å². The Morgan fingerprint density at radius 3 is 2.75 bits per heavy atom. The van der Waals surface area contributed by atoms with E-state index >= 15 is 0 Å². The van der Waals surface area contributed by atoms with Crippen LogP contribution < -0.4 is 0 Å². The van der Waals surface area contributed by atoms with Gasteiger partial charge in [-0.15, -0.1) is 5.10 Å². The number of hydrogen-bond acceptors (Lipinski definition) is 5. The number of aliphatic hydroxyl groups excluding tert-OH is 1. The minimum absolute atomic E-state index is 0.309. The zero-order chi connectivity index (χ0) is 16.4. The van der Waals surface area contributed by atoms with Gasteiger partial charge in [-0.3, -0.25) is 4.90 Å². The average Bonchev–Trinajstić information content (AvgIpc) is 3.09. The topological polar surface area (TPSA) is 63.4 Å². The summed E-state index contributed by atoms with van der Waals surface area (Å²) in [5.74, 6) is 0. The van der Waals surface area contributed by atoms with E-state index in [0.717, 1.165) is 63.3 Å². The number of likely N-dealkylation sites (tertiary alicyclic amines) is 1. The van der Waals surface area contributed by atoms with Gasteiger partial charge in [0, 0.05) is 26.2 Å². The highest BCUT2D eigenvalue weighted by Crippen LogP contribution is 2.35. The molecule has 2 fully saturated rings. The normalized spacial score (nSPS) is 24.3. The van der Waals surface area contributed by atoms with E-state index in [2.05, 4.69) is 15.2 Å². The van der Waals surface area contributed by atoms with Gasteiger partial charge < -0.3 is 9.84 Å². The molecule has 1 atom stereocenters. The van der Waals surface area contributed by atoms with Crippen molar-refractivity contribution < 1.29 is 9.84 Å². The molecule has 2 aromatic rings. The SMILES string of the molecule is O[C@@H]1CCCOC12CCN(Cc1cn(-c3ccccc3)nn1)CC2. The quantitative estimate of drug-likeness (QED) is 0.930. The lowest BCUT2D eigenvalue weighted by molar-refractivity contribution is -0.177. The number of aromatic nitrogens is 3.